The first-order valence-electron chi connectivity index (χ1n) is 7.48. The molecule has 2 fully saturated rings. The van der Waals surface area contributed by atoms with Gasteiger partial charge in [0.25, 0.3) is 0 Å². The summed E-state index contributed by atoms with van der Waals surface area (Å²) in [7, 11) is 0. The van der Waals surface area contributed by atoms with Gasteiger partial charge in [0.05, 0.1) is 25.9 Å². The van der Waals surface area contributed by atoms with Crippen molar-refractivity contribution in [1.82, 2.24) is 4.90 Å². The van der Waals surface area contributed by atoms with Crippen molar-refractivity contribution in [2.24, 2.45) is 0 Å². The van der Waals surface area contributed by atoms with Gasteiger partial charge >= 0.3 is 5.97 Å². The number of rotatable bonds is 7. The molecular formula is C15H25NO4. The van der Waals surface area contributed by atoms with Gasteiger partial charge in [0.1, 0.15) is 0 Å². The molecule has 1 saturated carbocycles. The van der Waals surface area contributed by atoms with Gasteiger partial charge < -0.3 is 14.2 Å². The van der Waals surface area contributed by atoms with Gasteiger partial charge in [-0.1, -0.05) is 6.08 Å². The van der Waals surface area contributed by atoms with Crippen molar-refractivity contribution in [2.75, 3.05) is 32.8 Å². The molecule has 1 saturated heterocycles. The van der Waals surface area contributed by atoms with E-state index in [9.17, 15) is 4.79 Å². The zero-order valence-corrected chi connectivity index (χ0v) is 12.3. The number of ether oxygens (including phenoxy) is 3. The molecule has 2 rings (SSSR count). The highest BCUT2D eigenvalue weighted by Crippen LogP contribution is 2.39. The third-order valence-corrected chi connectivity index (χ3v) is 3.79. The maximum absolute atomic E-state index is 11.6. The van der Waals surface area contributed by atoms with Crippen LogP contribution in [-0.2, 0) is 19.0 Å². The van der Waals surface area contributed by atoms with Crippen LogP contribution >= 0.6 is 0 Å². The van der Waals surface area contributed by atoms with E-state index in [2.05, 4.69) is 6.58 Å². The lowest BCUT2D eigenvalue weighted by molar-refractivity contribution is -0.163. The van der Waals surface area contributed by atoms with Gasteiger partial charge in [-0.05, 0) is 19.8 Å². The molecule has 1 atom stereocenters. The van der Waals surface area contributed by atoms with E-state index in [1.807, 2.05) is 11.8 Å². The fraction of sp³-hybridized carbons (Fsp3) is 0.800. The number of hydrogen-bond acceptors (Lipinski definition) is 5. The average molecular weight is 283 g/mol. The van der Waals surface area contributed by atoms with Crippen molar-refractivity contribution >= 4 is 5.97 Å². The van der Waals surface area contributed by atoms with Gasteiger partial charge in [0.2, 0.25) is 0 Å². The van der Waals surface area contributed by atoms with Crippen molar-refractivity contribution in [1.29, 1.82) is 0 Å². The zero-order valence-electron chi connectivity index (χ0n) is 12.3. The van der Waals surface area contributed by atoms with Crippen LogP contribution in [0.15, 0.2) is 12.7 Å². The topological polar surface area (TPSA) is 48.0 Å². The molecule has 1 aliphatic heterocycles. The predicted octanol–water partition coefficient (Wildman–Crippen LogP) is 1.72. The number of carbonyl (C=O) groups excluding carboxylic acids is 1. The first-order chi connectivity index (χ1) is 9.67. The Balaban J connectivity index is 1.82. The van der Waals surface area contributed by atoms with Crippen molar-refractivity contribution in [2.45, 2.75) is 44.5 Å². The standard InChI is InChI=1S/C15H25NO4/c1-3-9-16(11-14(17)18-4-2)10-13-12-19-15(20-13)7-5-6-8-15/h3,13H,1,4-12H2,2H3. The largest absolute Gasteiger partial charge is 0.465 e. The van der Waals surface area contributed by atoms with Crippen LogP contribution in [-0.4, -0.2) is 55.6 Å². The third-order valence-electron chi connectivity index (χ3n) is 3.79. The molecule has 0 aromatic rings. The monoisotopic (exact) mass is 283 g/mol. The molecule has 0 aromatic carbocycles. The predicted molar refractivity (Wildman–Crippen MR) is 75.3 cm³/mol. The third kappa shape index (κ3) is 4.04. The second-order valence-electron chi connectivity index (χ2n) is 5.46. The Kier molecular flexibility index (Phi) is 5.57. The van der Waals surface area contributed by atoms with E-state index in [1.54, 1.807) is 6.08 Å². The highest BCUT2D eigenvalue weighted by atomic mass is 16.7. The van der Waals surface area contributed by atoms with Gasteiger partial charge in [-0.2, -0.15) is 0 Å². The van der Waals surface area contributed by atoms with Gasteiger partial charge in [0, 0.05) is 25.9 Å². The molecule has 1 unspecified atom stereocenters. The number of hydrogen-bond donors (Lipinski definition) is 0. The van der Waals surface area contributed by atoms with Crippen LogP contribution in [0.25, 0.3) is 0 Å². The Morgan fingerprint density at radius 1 is 1.50 bits per heavy atom. The molecule has 20 heavy (non-hydrogen) atoms. The molecule has 0 N–H and O–H groups in total. The summed E-state index contributed by atoms with van der Waals surface area (Å²) in [4.78, 5) is 13.6. The van der Waals surface area contributed by atoms with E-state index in [1.165, 1.54) is 12.8 Å². The molecule has 2 aliphatic rings. The molecule has 0 amide bonds. The van der Waals surface area contributed by atoms with Crippen LogP contribution < -0.4 is 0 Å². The van der Waals surface area contributed by atoms with E-state index in [-0.39, 0.29) is 24.4 Å². The highest BCUT2D eigenvalue weighted by molar-refractivity contribution is 5.71. The maximum Gasteiger partial charge on any atom is 0.320 e. The van der Waals surface area contributed by atoms with Crippen LogP contribution in [0, 0.1) is 0 Å². The van der Waals surface area contributed by atoms with Gasteiger partial charge in [0.15, 0.2) is 5.79 Å². The van der Waals surface area contributed by atoms with Crippen molar-refractivity contribution in [3.63, 3.8) is 0 Å². The first kappa shape index (κ1) is 15.5. The lowest BCUT2D eigenvalue weighted by atomic mass is 10.2. The molecule has 0 aromatic heterocycles. The minimum Gasteiger partial charge on any atom is -0.465 e. The van der Waals surface area contributed by atoms with Crippen LogP contribution in [0.3, 0.4) is 0 Å². The first-order valence-corrected chi connectivity index (χ1v) is 7.48. The Morgan fingerprint density at radius 2 is 2.25 bits per heavy atom. The average Bonchev–Trinajstić information content (AvgIpc) is 3.01. The maximum atomic E-state index is 11.6. The van der Waals surface area contributed by atoms with Gasteiger partial charge in [-0.25, -0.2) is 0 Å². The number of carbonyl (C=O) groups is 1. The van der Waals surface area contributed by atoms with Gasteiger partial charge in [-0.15, -0.1) is 6.58 Å². The van der Waals surface area contributed by atoms with Crippen LogP contribution in [0.4, 0.5) is 0 Å². The summed E-state index contributed by atoms with van der Waals surface area (Å²) in [5.41, 5.74) is 0. The van der Waals surface area contributed by atoms with Gasteiger partial charge in [-0.3, -0.25) is 9.69 Å². The summed E-state index contributed by atoms with van der Waals surface area (Å²) in [5, 5.41) is 0. The second-order valence-corrected chi connectivity index (χ2v) is 5.46. The van der Waals surface area contributed by atoms with Crippen molar-refractivity contribution < 1.29 is 19.0 Å². The van der Waals surface area contributed by atoms with Crippen molar-refractivity contribution in [3.05, 3.63) is 12.7 Å². The SMILES string of the molecule is C=CCN(CC(=O)OCC)CC1COC2(CCCC2)O1. The number of esters is 1. The van der Waals surface area contributed by atoms with E-state index >= 15 is 0 Å². The van der Waals surface area contributed by atoms with E-state index in [0.717, 1.165) is 12.8 Å². The normalized spacial score (nSPS) is 24.4. The molecule has 0 radical (unpaired) electrons. The highest BCUT2D eigenvalue weighted by Gasteiger charge is 2.43. The fourth-order valence-corrected chi connectivity index (χ4v) is 2.95. The summed E-state index contributed by atoms with van der Waals surface area (Å²) in [6.45, 7) is 8.15. The Morgan fingerprint density at radius 3 is 2.90 bits per heavy atom. The summed E-state index contributed by atoms with van der Waals surface area (Å²) < 4.78 is 16.9. The molecule has 0 bridgehead atoms. The quantitative estimate of drug-likeness (QED) is 0.526. The minimum absolute atomic E-state index is 0.0301. The molecule has 114 valence electrons. The van der Waals surface area contributed by atoms with Crippen LogP contribution in [0.5, 0.6) is 0 Å². The van der Waals surface area contributed by atoms with Crippen molar-refractivity contribution in [3.8, 4) is 0 Å². The lowest BCUT2D eigenvalue weighted by Gasteiger charge is -2.25. The molecule has 1 spiro atoms. The summed E-state index contributed by atoms with van der Waals surface area (Å²) in [6, 6.07) is 0. The second kappa shape index (κ2) is 7.20. The Labute approximate surface area is 120 Å². The van der Waals surface area contributed by atoms with E-state index < -0.39 is 0 Å². The van der Waals surface area contributed by atoms with E-state index in [4.69, 9.17) is 14.2 Å². The number of nitrogens with zero attached hydrogens (tertiary/aromatic N) is 1. The summed E-state index contributed by atoms with van der Waals surface area (Å²) in [6.07, 6.45) is 6.15. The fourth-order valence-electron chi connectivity index (χ4n) is 2.95. The lowest BCUT2D eigenvalue weighted by Crippen LogP contribution is -2.39. The smallest absolute Gasteiger partial charge is 0.320 e. The summed E-state index contributed by atoms with van der Waals surface area (Å²) in [5.74, 6) is -0.544. The Hall–Kier alpha value is -0.910. The molecule has 1 aliphatic carbocycles. The zero-order chi connectivity index (χ0) is 14.4. The molecular weight excluding hydrogens is 258 g/mol. The molecule has 5 heteroatoms. The summed E-state index contributed by atoms with van der Waals surface area (Å²) >= 11 is 0. The van der Waals surface area contributed by atoms with Crippen LogP contribution in [0.1, 0.15) is 32.6 Å². The van der Waals surface area contributed by atoms with Crippen LogP contribution in [0.2, 0.25) is 0 Å². The molecule has 1 heterocycles. The minimum atomic E-state index is -0.339. The molecule has 5 nitrogen and oxygen atoms in total. The van der Waals surface area contributed by atoms with E-state index in [0.29, 0.717) is 26.3 Å². The Bertz CT molecular complexity index is 339.